The lowest BCUT2D eigenvalue weighted by atomic mass is 10.1. The Labute approximate surface area is 98.3 Å². The second-order valence-corrected chi connectivity index (χ2v) is 3.82. The minimum Gasteiger partial charge on any atom is -0.370 e. The Hall–Kier alpha value is -1.91. The van der Waals surface area contributed by atoms with Crippen LogP contribution in [0.4, 0.5) is 8.78 Å². The third-order valence-corrected chi connectivity index (χ3v) is 2.74. The lowest BCUT2D eigenvalue weighted by Gasteiger charge is -2.25. The molecule has 0 aromatic heterocycles. The number of aliphatic imine (C=N–C) groups is 1. The van der Waals surface area contributed by atoms with Gasteiger partial charge in [-0.3, -0.25) is 4.99 Å². The summed E-state index contributed by atoms with van der Waals surface area (Å²) < 4.78 is 26.5. The van der Waals surface area contributed by atoms with Gasteiger partial charge in [0.25, 0.3) is 0 Å². The van der Waals surface area contributed by atoms with Gasteiger partial charge in [-0.25, -0.2) is 8.78 Å². The Morgan fingerprint density at radius 3 is 2.94 bits per heavy atom. The highest BCUT2D eigenvalue weighted by atomic mass is 19.1. The third kappa shape index (κ3) is 2.13. The van der Waals surface area contributed by atoms with E-state index in [9.17, 15) is 8.78 Å². The average molecular weight is 237 g/mol. The van der Waals surface area contributed by atoms with Gasteiger partial charge in [0.1, 0.15) is 11.6 Å². The van der Waals surface area contributed by atoms with E-state index < -0.39 is 11.6 Å². The number of benzene rings is 1. The summed E-state index contributed by atoms with van der Waals surface area (Å²) in [5.74, 6) is -0.805. The van der Waals surface area contributed by atoms with Gasteiger partial charge in [0.2, 0.25) is 0 Å². The molecule has 0 radical (unpaired) electrons. The third-order valence-electron chi connectivity index (χ3n) is 2.74. The van der Waals surface area contributed by atoms with Crippen molar-refractivity contribution < 1.29 is 8.78 Å². The molecule has 0 saturated carbocycles. The van der Waals surface area contributed by atoms with Crippen LogP contribution in [0.2, 0.25) is 0 Å². The van der Waals surface area contributed by atoms with Crippen molar-refractivity contribution >= 4 is 5.96 Å². The van der Waals surface area contributed by atoms with Crippen LogP contribution in [0.5, 0.6) is 0 Å². The number of hydrogen-bond donors (Lipinski definition) is 1. The summed E-state index contributed by atoms with van der Waals surface area (Å²) in [5, 5.41) is 0. The van der Waals surface area contributed by atoms with E-state index in [0.29, 0.717) is 24.6 Å². The maximum absolute atomic E-state index is 13.7. The highest BCUT2D eigenvalue weighted by molar-refractivity contribution is 5.80. The first-order valence-corrected chi connectivity index (χ1v) is 5.26. The number of rotatable bonds is 3. The van der Waals surface area contributed by atoms with Crippen molar-refractivity contribution in [3.05, 3.63) is 48.1 Å². The predicted molar refractivity (Wildman–Crippen MR) is 62.5 cm³/mol. The molecule has 1 atom stereocenters. The molecule has 5 heteroatoms. The number of hydrogen-bond acceptors (Lipinski definition) is 3. The van der Waals surface area contributed by atoms with Crippen LogP contribution in [0, 0.1) is 11.6 Å². The summed E-state index contributed by atoms with van der Waals surface area (Å²) in [5.41, 5.74) is 6.10. The monoisotopic (exact) mass is 237 g/mol. The summed E-state index contributed by atoms with van der Waals surface area (Å²) in [6.45, 7) is 4.48. The molecule has 1 aromatic rings. The molecule has 1 unspecified atom stereocenters. The first-order chi connectivity index (χ1) is 8.13. The highest BCUT2D eigenvalue weighted by Gasteiger charge is 2.28. The lowest BCUT2D eigenvalue weighted by molar-refractivity contribution is 0.368. The Balaban J connectivity index is 2.31. The standard InChI is InChI=1S/C12H13F2N3/c1-2-5-17-11(7-16-12(17)15)9-4-3-8(13)6-10(9)14/h2-4,6,11H,1,5,7H2,(H2,15,16). The molecule has 2 N–H and O–H groups in total. The second-order valence-electron chi connectivity index (χ2n) is 3.82. The molecule has 1 heterocycles. The van der Waals surface area contributed by atoms with Crippen molar-refractivity contribution in [2.24, 2.45) is 10.7 Å². The minimum absolute atomic E-state index is 0.284. The van der Waals surface area contributed by atoms with Gasteiger partial charge in [0.05, 0.1) is 12.6 Å². The van der Waals surface area contributed by atoms with E-state index >= 15 is 0 Å². The number of nitrogens with zero attached hydrogens (tertiary/aromatic N) is 2. The quantitative estimate of drug-likeness (QED) is 0.815. The fourth-order valence-corrected chi connectivity index (χ4v) is 1.93. The maximum atomic E-state index is 13.7. The van der Waals surface area contributed by atoms with Gasteiger partial charge in [-0.05, 0) is 6.07 Å². The predicted octanol–water partition coefficient (Wildman–Crippen LogP) is 1.82. The van der Waals surface area contributed by atoms with Crippen LogP contribution < -0.4 is 5.73 Å². The van der Waals surface area contributed by atoms with Gasteiger partial charge in [-0.15, -0.1) is 6.58 Å². The van der Waals surface area contributed by atoms with Crippen LogP contribution in [-0.2, 0) is 0 Å². The first-order valence-electron chi connectivity index (χ1n) is 5.26. The van der Waals surface area contributed by atoms with E-state index in [1.54, 1.807) is 11.0 Å². The van der Waals surface area contributed by atoms with E-state index in [1.165, 1.54) is 12.1 Å². The molecule has 0 bridgehead atoms. The van der Waals surface area contributed by atoms with Crippen molar-refractivity contribution in [3.8, 4) is 0 Å². The molecule has 0 fully saturated rings. The fraction of sp³-hybridized carbons (Fsp3) is 0.250. The number of nitrogens with two attached hydrogens (primary N) is 1. The van der Waals surface area contributed by atoms with Gasteiger partial charge in [0.15, 0.2) is 5.96 Å². The van der Waals surface area contributed by atoms with Crippen molar-refractivity contribution in [2.75, 3.05) is 13.1 Å². The smallest absolute Gasteiger partial charge is 0.192 e. The lowest BCUT2D eigenvalue weighted by Crippen LogP contribution is -2.36. The molecule has 2 rings (SSSR count). The molecule has 17 heavy (non-hydrogen) atoms. The van der Waals surface area contributed by atoms with Gasteiger partial charge < -0.3 is 10.6 Å². The van der Waals surface area contributed by atoms with Crippen LogP contribution in [0.25, 0.3) is 0 Å². The zero-order chi connectivity index (χ0) is 12.4. The van der Waals surface area contributed by atoms with Crippen LogP contribution >= 0.6 is 0 Å². The molecule has 3 nitrogen and oxygen atoms in total. The van der Waals surface area contributed by atoms with Crippen molar-refractivity contribution in [1.29, 1.82) is 0 Å². The summed E-state index contributed by atoms with van der Waals surface area (Å²) in [7, 11) is 0. The number of halogens is 2. The Morgan fingerprint density at radius 2 is 2.29 bits per heavy atom. The topological polar surface area (TPSA) is 41.6 Å². The number of guanidine groups is 1. The van der Waals surface area contributed by atoms with Crippen molar-refractivity contribution in [3.63, 3.8) is 0 Å². The summed E-state index contributed by atoms with van der Waals surface area (Å²) in [6, 6.07) is 3.25. The molecule has 90 valence electrons. The Bertz CT molecular complexity index is 471. The zero-order valence-electron chi connectivity index (χ0n) is 9.24. The molecule has 1 aromatic carbocycles. The molecule has 0 aliphatic carbocycles. The van der Waals surface area contributed by atoms with Crippen molar-refractivity contribution in [1.82, 2.24) is 4.90 Å². The van der Waals surface area contributed by atoms with E-state index in [-0.39, 0.29) is 6.04 Å². The van der Waals surface area contributed by atoms with Gasteiger partial charge in [0, 0.05) is 18.2 Å². The SMILES string of the molecule is C=CCN1C(N)=NCC1c1ccc(F)cc1F. The Morgan fingerprint density at radius 1 is 1.53 bits per heavy atom. The van der Waals surface area contributed by atoms with Gasteiger partial charge in [-0.1, -0.05) is 12.1 Å². The van der Waals surface area contributed by atoms with Crippen LogP contribution in [0.3, 0.4) is 0 Å². The molecule has 0 saturated heterocycles. The van der Waals surface area contributed by atoms with E-state index in [0.717, 1.165) is 6.07 Å². The summed E-state index contributed by atoms with van der Waals surface area (Å²) >= 11 is 0. The Kier molecular flexibility index (Phi) is 3.08. The first kappa shape index (κ1) is 11.6. The molecule has 0 spiro atoms. The summed E-state index contributed by atoms with van der Waals surface area (Å²) in [4.78, 5) is 5.81. The van der Waals surface area contributed by atoms with Crippen LogP contribution in [-0.4, -0.2) is 23.9 Å². The zero-order valence-corrected chi connectivity index (χ0v) is 9.24. The molecular weight excluding hydrogens is 224 g/mol. The molecule has 1 aliphatic rings. The molecular formula is C12H13F2N3. The minimum atomic E-state index is -0.589. The average Bonchev–Trinajstić information content (AvgIpc) is 2.62. The maximum Gasteiger partial charge on any atom is 0.192 e. The molecule has 1 aliphatic heterocycles. The molecule has 0 amide bonds. The van der Waals surface area contributed by atoms with E-state index in [2.05, 4.69) is 11.6 Å². The van der Waals surface area contributed by atoms with Gasteiger partial charge in [-0.2, -0.15) is 0 Å². The van der Waals surface area contributed by atoms with Crippen LogP contribution in [0.1, 0.15) is 11.6 Å². The largest absolute Gasteiger partial charge is 0.370 e. The van der Waals surface area contributed by atoms with Crippen molar-refractivity contribution in [2.45, 2.75) is 6.04 Å². The van der Waals surface area contributed by atoms with Gasteiger partial charge >= 0.3 is 0 Å². The van der Waals surface area contributed by atoms with E-state index in [1.807, 2.05) is 0 Å². The summed E-state index contributed by atoms with van der Waals surface area (Å²) in [6.07, 6.45) is 1.67. The fourth-order valence-electron chi connectivity index (χ4n) is 1.93. The normalized spacial score (nSPS) is 19.3. The van der Waals surface area contributed by atoms with Crippen LogP contribution in [0.15, 0.2) is 35.8 Å². The highest BCUT2D eigenvalue weighted by Crippen LogP contribution is 2.27. The second kappa shape index (κ2) is 4.53. The van der Waals surface area contributed by atoms with E-state index in [4.69, 9.17) is 5.73 Å².